The highest BCUT2D eigenvalue weighted by Gasteiger charge is 2.42. The Morgan fingerprint density at radius 3 is 2.35 bits per heavy atom. The number of aliphatic carboxylic acids is 1. The predicted molar refractivity (Wildman–Crippen MR) is 93.6 cm³/mol. The Bertz CT molecular complexity index is 550. The number of hydrogen-bond donors (Lipinski definition) is 2. The van der Waals surface area contributed by atoms with E-state index in [0.29, 0.717) is 0 Å². The second kappa shape index (κ2) is 5.93. The SMILES string of the molecule is C[C@@H]1N=C(C(C)(C)C)N2CC(NCC(=O)O)CC2=C1C(C)(C)C. The van der Waals surface area contributed by atoms with Crippen molar-refractivity contribution in [2.75, 3.05) is 13.1 Å². The molecule has 2 aliphatic rings. The Kier molecular flexibility index (Phi) is 4.64. The van der Waals surface area contributed by atoms with Crippen LogP contribution in [-0.4, -0.2) is 47.0 Å². The molecule has 2 heterocycles. The molecule has 0 aliphatic carbocycles. The number of nitrogens with zero attached hydrogens (tertiary/aromatic N) is 2. The first-order valence-electron chi connectivity index (χ1n) is 8.45. The molecule has 0 spiro atoms. The fourth-order valence-electron chi connectivity index (χ4n) is 3.79. The Labute approximate surface area is 139 Å². The molecule has 0 bridgehead atoms. The van der Waals surface area contributed by atoms with E-state index in [-0.39, 0.29) is 29.5 Å². The molecule has 2 rings (SSSR count). The summed E-state index contributed by atoms with van der Waals surface area (Å²) in [5, 5.41) is 12.1. The number of carboxylic acid groups (broad SMARTS) is 1. The molecule has 5 heteroatoms. The molecule has 1 unspecified atom stereocenters. The first-order chi connectivity index (χ1) is 10.4. The van der Waals surface area contributed by atoms with E-state index >= 15 is 0 Å². The highest BCUT2D eigenvalue weighted by atomic mass is 16.4. The molecule has 130 valence electrons. The van der Waals surface area contributed by atoms with Crippen LogP contribution in [0.3, 0.4) is 0 Å². The molecular formula is C18H31N3O2. The van der Waals surface area contributed by atoms with E-state index < -0.39 is 5.97 Å². The van der Waals surface area contributed by atoms with E-state index in [0.717, 1.165) is 18.8 Å². The Morgan fingerprint density at radius 1 is 1.26 bits per heavy atom. The van der Waals surface area contributed by atoms with Crippen molar-refractivity contribution in [3.05, 3.63) is 11.3 Å². The number of carbonyl (C=O) groups is 1. The maximum atomic E-state index is 10.9. The summed E-state index contributed by atoms with van der Waals surface area (Å²) in [4.78, 5) is 18.2. The molecule has 23 heavy (non-hydrogen) atoms. The minimum absolute atomic E-state index is 0.00812. The molecule has 5 nitrogen and oxygen atoms in total. The maximum absolute atomic E-state index is 10.9. The quantitative estimate of drug-likeness (QED) is 0.839. The summed E-state index contributed by atoms with van der Waals surface area (Å²) < 4.78 is 0. The zero-order valence-electron chi connectivity index (χ0n) is 15.5. The molecule has 2 aliphatic heterocycles. The lowest BCUT2D eigenvalue weighted by Gasteiger charge is -2.41. The summed E-state index contributed by atoms with van der Waals surface area (Å²) >= 11 is 0. The summed E-state index contributed by atoms with van der Waals surface area (Å²) in [6.45, 7) is 16.3. The van der Waals surface area contributed by atoms with Crippen molar-refractivity contribution < 1.29 is 9.90 Å². The average molecular weight is 321 g/mol. The predicted octanol–water partition coefficient (Wildman–Crippen LogP) is 2.88. The number of hydrogen-bond acceptors (Lipinski definition) is 4. The van der Waals surface area contributed by atoms with Gasteiger partial charge in [0, 0.05) is 30.1 Å². The summed E-state index contributed by atoms with van der Waals surface area (Å²) in [6, 6.07) is 0.338. The molecule has 0 aromatic carbocycles. The van der Waals surface area contributed by atoms with E-state index in [1.165, 1.54) is 11.3 Å². The molecule has 1 fully saturated rings. The normalized spacial score (nSPS) is 25.5. The molecule has 0 aromatic heterocycles. The fraction of sp³-hybridized carbons (Fsp3) is 0.778. The van der Waals surface area contributed by atoms with Gasteiger partial charge < -0.3 is 15.3 Å². The van der Waals surface area contributed by atoms with E-state index in [1.54, 1.807) is 0 Å². The van der Waals surface area contributed by atoms with Gasteiger partial charge in [0.2, 0.25) is 0 Å². The smallest absolute Gasteiger partial charge is 0.317 e. The minimum Gasteiger partial charge on any atom is -0.480 e. The van der Waals surface area contributed by atoms with E-state index in [9.17, 15) is 4.79 Å². The van der Waals surface area contributed by atoms with Crippen LogP contribution in [0.15, 0.2) is 16.3 Å². The second-order valence-corrected chi connectivity index (χ2v) is 8.78. The Balaban J connectivity index is 2.38. The highest BCUT2D eigenvalue weighted by molar-refractivity contribution is 5.90. The first-order valence-corrected chi connectivity index (χ1v) is 8.45. The zero-order valence-corrected chi connectivity index (χ0v) is 15.5. The van der Waals surface area contributed by atoms with Gasteiger partial charge in [-0.15, -0.1) is 0 Å². The number of nitrogens with one attached hydrogen (secondary N) is 1. The van der Waals surface area contributed by atoms with Gasteiger partial charge in [-0.1, -0.05) is 41.5 Å². The minimum atomic E-state index is -0.807. The molecule has 2 atom stereocenters. The molecule has 0 saturated carbocycles. The molecule has 0 aromatic rings. The largest absolute Gasteiger partial charge is 0.480 e. The van der Waals surface area contributed by atoms with Crippen LogP contribution in [0.1, 0.15) is 54.9 Å². The Hall–Kier alpha value is -1.36. The third kappa shape index (κ3) is 3.77. The van der Waals surface area contributed by atoms with Crippen LogP contribution < -0.4 is 5.32 Å². The first kappa shape index (κ1) is 18.0. The van der Waals surface area contributed by atoms with Crippen molar-refractivity contribution in [2.45, 2.75) is 67.0 Å². The average Bonchev–Trinajstić information content (AvgIpc) is 2.75. The maximum Gasteiger partial charge on any atom is 0.317 e. The lowest BCUT2D eigenvalue weighted by molar-refractivity contribution is -0.136. The number of carboxylic acids is 1. The van der Waals surface area contributed by atoms with Crippen molar-refractivity contribution >= 4 is 11.8 Å². The standard InChI is InChI=1S/C18H31N3O2/c1-11-15(17(2,3)4)13-8-12(19-9-14(22)23)10-21(13)16(20-11)18(5,6)7/h11-12,19H,8-10H2,1-7H3,(H,22,23)/t11-,12?/m0/s1. The van der Waals surface area contributed by atoms with Crippen molar-refractivity contribution in [3.8, 4) is 0 Å². The summed E-state index contributed by atoms with van der Waals surface area (Å²) in [5.74, 6) is 0.311. The molecule has 1 saturated heterocycles. The van der Waals surface area contributed by atoms with Gasteiger partial charge in [-0.2, -0.15) is 0 Å². The number of rotatable bonds is 3. The third-order valence-corrected chi connectivity index (χ3v) is 4.49. The van der Waals surface area contributed by atoms with Crippen LogP contribution >= 0.6 is 0 Å². The van der Waals surface area contributed by atoms with Crippen LogP contribution in [0.4, 0.5) is 0 Å². The summed E-state index contributed by atoms with van der Waals surface area (Å²) in [5.41, 5.74) is 2.75. The van der Waals surface area contributed by atoms with Crippen LogP contribution in [0.2, 0.25) is 0 Å². The third-order valence-electron chi connectivity index (χ3n) is 4.49. The lowest BCUT2D eigenvalue weighted by Crippen LogP contribution is -2.44. The highest BCUT2D eigenvalue weighted by Crippen LogP contribution is 2.42. The number of fused-ring (bicyclic) bond motifs is 1. The lowest BCUT2D eigenvalue weighted by atomic mass is 9.79. The van der Waals surface area contributed by atoms with Gasteiger partial charge in [0.25, 0.3) is 0 Å². The van der Waals surface area contributed by atoms with Gasteiger partial charge in [0.1, 0.15) is 5.84 Å². The van der Waals surface area contributed by atoms with E-state index in [1.807, 2.05) is 0 Å². The number of amidine groups is 1. The van der Waals surface area contributed by atoms with Gasteiger partial charge in [-0.3, -0.25) is 9.79 Å². The van der Waals surface area contributed by atoms with Crippen LogP contribution in [0.5, 0.6) is 0 Å². The van der Waals surface area contributed by atoms with Crippen molar-refractivity contribution in [1.29, 1.82) is 0 Å². The molecular weight excluding hydrogens is 290 g/mol. The van der Waals surface area contributed by atoms with Crippen molar-refractivity contribution in [3.63, 3.8) is 0 Å². The monoisotopic (exact) mass is 321 g/mol. The van der Waals surface area contributed by atoms with Crippen molar-refractivity contribution in [1.82, 2.24) is 10.2 Å². The van der Waals surface area contributed by atoms with Gasteiger partial charge in [-0.25, -0.2) is 0 Å². The van der Waals surface area contributed by atoms with Crippen LogP contribution in [0.25, 0.3) is 0 Å². The summed E-state index contributed by atoms with van der Waals surface area (Å²) in [7, 11) is 0. The number of aliphatic imine (C=N–C) groups is 1. The second-order valence-electron chi connectivity index (χ2n) is 8.78. The Morgan fingerprint density at radius 2 is 1.87 bits per heavy atom. The van der Waals surface area contributed by atoms with Crippen LogP contribution in [-0.2, 0) is 4.79 Å². The zero-order chi connectivity index (χ0) is 17.6. The fourth-order valence-corrected chi connectivity index (χ4v) is 3.79. The molecule has 2 N–H and O–H groups in total. The van der Waals surface area contributed by atoms with Crippen molar-refractivity contribution in [2.24, 2.45) is 15.8 Å². The van der Waals surface area contributed by atoms with E-state index in [2.05, 4.69) is 58.7 Å². The van der Waals surface area contributed by atoms with Gasteiger partial charge in [0.15, 0.2) is 0 Å². The van der Waals surface area contributed by atoms with Gasteiger partial charge in [0.05, 0.1) is 12.6 Å². The topological polar surface area (TPSA) is 64.9 Å². The van der Waals surface area contributed by atoms with Gasteiger partial charge in [-0.05, 0) is 17.9 Å². The molecule has 0 radical (unpaired) electrons. The van der Waals surface area contributed by atoms with Crippen LogP contribution in [0, 0.1) is 10.8 Å². The van der Waals surface area contributed by atoms with E-state index in [4.69, 9.17) is 10.1 Å². The van der Waals surface area contributed by atoms with Gasteiger partial charge >= 0.3 is 5.97 Å². The molecule has 0 amide bonds. The summed E-state index contributed by atoms with van der Waals surface area (Å²) in [6.07, 6.45) is 0.874.